The molecule has 0 fully saturated rings. The Hall–Kier alpha value is -1.88. The molecule has 3 amide bonds. The average molecular weight is 1280 g/mol. The molecule has 0 aliphatic rings. The van der Waals surface area contributed by atoms with E-state index in [4.69, 9.17) is 19.9 Å². The molecular weight excluding hydrogens is 1130 g/mol. The first-order chi connectivity index (χ1) is 42.5. The summed E-state index contributed by atoms with van der Waals surface area (Å²) in [5.41, 5.74) is 0. The number of unbranched alkanes of at least 4 members (excludes halogenated alkanes) is 38. The average Bonchev–Trinajstić information content (AvgIpc) is 3.65. The van der Waals surface area contributed by atoms with Crippen LogP contribution in [0.25, 0.3) is 0 Å². The molecule has 14 nitrogen and oxygen atoms in total. The zero-order chi connectivity index (χ0) is 66.2. The second-order valence-electron chi connectivity index (χ2n) is 26.4. The van der Waals surface area contributed by atoms with Gasteiger partial charge in [-0.15, -0.1) is 0 Å². The van der Waals surface area contributed by atoms with Crippen LogP contribution >= 0.6 is 0 Å². The van der Waals surface area contributed by atoms with Crippen molar-refractivity contribution in [3.63, 3.8) is 0 Å². The molecule has 0 aliphatic heterocycles. The number of rotatable bonds is 63. The third kappa shape index (κ3) is 61.6. The first-order valence-corrected chi connectivity index (χ1v) is 38.9. The van der Waals surface area contributed by atoms with E-state index in [1.54, 1.807) is 9.80 Å². The van der Waals surface area contributed by atoms with Crippen molar-refractivity contribution in [2.45, 2.75) is 381 Å². The zero-order valence-corrected chi connectivity index (χ0v) is 60.0. The summed E-state index contributed by atoms with van der Waals surface area (Å²) in [6.45, 7) is 17.4. The summed E-state index contributed by atoms with van der Waals surface area (Å²) in [5, 5.41) is 45.3. The molecule has 0 saturated carbocycles. The molecule has 528 valence electrons. The fourth-order valence-electron chi connectivity index (χ4n) is 11.7. The normalized spacial score (nSPS) is 13.2. The summed E-state index contributed by atoms with van der Waals surface area (Å²) in [6, 6.07) is 0. The third-order valence-electron chi connectivity index (χ3n) is 17.7. The second-order valence-corrected chi connectivity index (χ2v) is 28.1. The molecule has 0 bridgehead atoms. The van der Waals surface area contributed by atoms with Crippen LogP contribution in [-0.4, -0.2) is 147 Å². The molecule has 88 heavy (non-hydrogen) atoms. The largest absolute Gasteiger partial charge is 0.395 e. The molecule has 5 unspecified atom stereocenters. The molecule has 0 aromatic rings. The third-order valence-corrected chi connectivity index (χ3v) is 18.9. The quantitative estimate of drug-likeness (QED) is 0.0249. The van der Waals surface area contributed by atoms with Gasteiger partial charge in [0.25, 0.3) is 10.1 Å². The van der Waals surface area contributed by atoms with Crippen molar-refractivity contribution in [3.8, 4) is 0 Å². The Labute approximate surface area is 544 Å². The van der Waals surface area contributed by atoms with Gasteiger partial charge in [0.2, 0.25) is 17.7 Å². The van der Waals surface area contributed by atoms with Crippen LogP contribution in [0.2, 0.25) is 0 Å². The van der Waals surface area contributed by atoms with Gasteiger partial charge in [-0.2, -0.15) is 8.42 Å². The van der Waals surface area contributed by atoms with Crippen LogP contribution in [0.3, 0.4) is 0 Å². The van der Waals surface area contributed by atoms with Crippen molar-refractivity contribution < 1.29 is 52.9 Å². The second kappa shape index (κ2) is 68.0. The summed E-state index contributed by atoms with van der Waals surface area (Å²) < 4.78 is 31.5. The minimum absolute atomic E-state index is 0.0599. The van der Waals surface area contributed by atoms with E-state index in [0.29, 0.717) is 44.3 Å². The molecule has 0 aromatic carbocycles. The van der Waals surface area contributed by atoms with Crippen LogP contribution in [0.4, 0.5) is 0 Å². The number of hydrogen-bond donors (Lipinski definition) is 6. The molecule has 0 saturated heterocycles. The molecule has 0 aromatic heterocycles. The molecule has 0 aliphatic carbocycles. The van der Waals surface area contributed by atoms with Crippen molar-refractivity contribution >= 4 is 27.8 Å². The number of aliphatic hydroxyl groups is 5. The van der Waals surface area contributed by atoms with Crippen LogP contribution in [0.15, 0.2) is 0 Å². The van der Waals surface area contributed by atoms with Crippen molar-refractivity contribution in [3.05, 3.63) is 0 Å². The summed E-state index contributed by atoms with van der Waals surface area (Å²) in [6.07, 6.45) is 59.4. The maximum absolute atomic E-state index is 12.3. The van der Waals surface area contributed by atoms with E-state index in [0.717, 1.165) is 44.9 Å². The Bertz CT molecular complexity index is 1590. The van der Waals surface area contributed by atoms with Crippen molar-refractivity contribution in [2.24, 2.45) is 11.8 Å². The highest BCUT2D eigenvalue weighted by molar-refractivity contribution is 7.86. The highest BCUT2D eigenvalue weighted by Crippen LogP contribution is 2.22. The van der Waals surface area contributed by atoms with Gasteiger partial charge in [-0.1, -0.05) is 318 Å². The standard InChI is InChI=1S/C26H53NO3.C24H49NO3.C23H47NO5S/c1-4-7-8-9-10-11-12-13-14-15-16-17-19-24(6-3)20-21-27(22-25(29)23-28)26(30)18-5-2;1-4-6-7-8-9-10-11-12-13-14-15-16-17-18-22(3)19-25(24(28)5-2)20-23(27)21-26;1-3-4-5-6-7-8-9-10-11-12-13-14-15-16-17-18-19-24(22(2)26)20-23(21-25)30(27,28)29/h24-25,28-29H,4-23H2,1-3H3;22-23,26-27H,4-21H2,1-3H3;23,25H,3-21H2,1-2H3,(H,27,28,29). The first kappa shape index (κ1) is 90.3. The van der Waals surface area contributed by atoms with Crippen LogP contribution in [0.1, 0.15) is 364 Å². The monoisotopic (exact) mass is 1280 g/mol. The van der Waals surface area contributed by atoms with Crippen LogP contribution in [0.5, 0.6) is 0 Å². The van der Waals surface area contributed by atoms with Gasteiger partial charge in [-0.25, -0.2) is 0 Å². The van der Waals surface area contributed by atoms with Gasteiger partial charge in [-0.05, 0) is 37.5 Å². The van der Waals surface area contributed by atoms with Crippen LogP contribution < -0.4 is 0 Å². The van der Waals surface area contributed by atoms with Gasteiger partial charge >= 0.3 is 0 Å². The van der Waals surface area contributed by atoms with Crippen molar-refractivity contribution in [1.29, 1.82) is 0 Å². The van der Waals surface area contributed by atoms with Gasteiger partial charge in [0.15, 0.2) is 0 Å². The molecule has 0 rings (SSSR count). The maximum Gasteiger partial charge on any atom is 0.271 e. The number of aliphatic hydroxyl groups excluding tert-OH is 5. The molecule has 0 radical (unpaired) electrons. The highest BCUT2D eigenvalue weighted by Gasteiger charge is 2.26. The Kier molecular flexibility index (Phi) is 69.8. The lowest BCUT2D eigenvalue weighted by atomic mass is 9.94. The molecular formula is C73H149N3O11S. The van der Waals surface area contributed by atoms with Crippen LogP contribution in [-0.2, 0) is 24.5 Å². The van der Waals surface area contributed by atoms with Gasteiger partial charge in [-0.3, -0.25) is 18.9 Å². The summed E-state index contributed by atoms with van der Waals surface area (Å²) in [5.74, 6) is 1.01. The molecule has 0 spiro atoms. The van der Waals surface area contributed by atoms with E-state index in [-0.39, 0.29) is 50.6 Å². The van der Waals surface area contributed by atoms with E-state index < -0.39 is 34.2 Å². The summed E-state index contributed by atoms with van der Waals surface area (Å²) in [4.78, 5) is 40.9. The maximum atomic E-state index is 12.3. The summed E-state index contributed by atoms with van der Waals surface area (Å²) >= 11 is 0. The highest BCUT2D eigenvalue weighted by atomic mass is 32.2. The lowest BCUT2D eigenvalue weighted by molar-refractivity contribution is -0.134. The fourth-order valence-corrected chi connectivity index (χ4v) is 12.2. The Balaban J connectivity index is -0.00000123. The Morgan fingerprint density at radius 1 is 0.375 bits per heavy atom. The zero-order valence-electron chi connectivity index (χ0n) is 59.2. The van der Waals surface area contributed by atoms with E-state index in [2.05, 4.69) is 34.6 Å². The number of carbonyl (C=O) groups excluding carboxylic acids is 3. The molecule has 0 heterocycles. The van der Waals surface area contributed by atoms with Gasteiger partial charge in [0.1, 0.15) is 5.25 Å². The number of amides is 3. The predicted octanol–water partition coefficient (Wildman–Crippen LogP) is 17.5. The van der Waals surface area contributed by atoms with E-state index in [1.165, 1.54) is 262 Å². The van der Waals surface area contributed by atoms with E-state index in [1.807, 2.05) is 13.8 Å². The lowest BCUT2D eigenvalue weighted by Crippen LogP contribution is -2.41. The molecule has 6 N–H and O–H groups in total. The smallest absolute Gasteiger partial charge is 0.271 e. The van der Waals surface area contributed by atoms with Gasteiger partial charge in [0, 0.05) is 59.0 Å². The SMILES string of the molecule is CCCCCCCCCCCCCCC(CC)CCN(CC(O)CO)C(=O)CCC.CCCCCCCCCCCCCCCC(C)CN(CC(O)CO)C(=O)CC.CCCCCCCCCCCCCCCCCCN(CC(CO)S(=O)(=O)O)C(C)=O. The topological polar surface area (TPSA) is 216 Å². The van der Waals surface area contributed by atoms with E-state index >= 15 is 0 Å². The van der Waals surface area contributed by atoms with Gasteiger partial charge in [0.05, 0.1) is 32.0 Å². The number of nitrogens with zero attached hydrogens (tertiary/aromatic N) is 3. The fraction of sp³-hybridized carbons (Fsp3) is 0.959. The number of hydrogen-bond acceptors (Lipinski definition) is 10. The van der Waals surface area contributed by atoms with E-state index in [9.17, 15) is 33.0 Å². The minimum Gasteiger partial charge on any atom is -0.395 e. The van der Waals surface area contributed by atoms with Crippen molar-refractivity contribution in [1.82, 2.24) is 14.7 Å². The first-order valence-electron chi connectivity index (χ1n) is 37.4. The number of carbonyl (C=O) groups is 3. The Morgan fingerprint density at radius 2 is 0.716 bits per heavy atom. The molecule has 5 atom stereocenters. The molecule has 15 heteroatoms. The Morgan fingerprint density at radius 3 is 1.02 bits per heavy atom. The van der Waals surface area contributed by atoms with Crippen molar-refractivity contribution in [2.75, 3.05) is 59.1 Å². The summed E-state index contributed by atoms with van der Waals surface area (Å²) in [7, 11) is -4.35. The predicted molar refractivity (Wildman–Crippen MR) is 372 cm³/mol. The lowest BCUT2D eigenvalue weighted by Gasteiger charge is -2.27. The van der Waals surface area contributed by atoms with Gasteiger partial charge < -0.3 is 40.2 Å². The van der Waals surface area contributed by atoms with Crippen LogP contribution in [0, 0.1) is 11.8 Å². The minimum atomic E-state index is -4.35.